The normalized spacial score (nSPS) is 25.8. The third-order valence-electron chi connectivity index (χ3n) is 4.75. The first kappa shape index (κ1) is 15.1. The highest BCUT2D eigenvalue weighted by atomic mass is 32.2. The smallest absolute Gasteiger partial charge is 0.0976 e. The van der Waals surface area contributed by atoms with Crippen LogP contribution in [-0.2, 0) is 17.4 Å². The fraction of sp³-hybridized carbons (Fsp3) is 0.688. The summed E-state index contributed by atoms with van der Waals surface area (Å²) in [6.45, 7) is 8.13. The first-order chi connectivity index (χ1) is 9.92. The van der Waals surface area contributed by atoms with Crippen molar-refractivity contribution in [2.24, 2.45) is 5.41 Å². The Morgan fingerprint density at radius 3 is 2.76 bits per heavy atom. The topological polar surface area (TPSA) is 54.0 Å². The van der Waals surface area contributed by atoms with E-state index >= 15 is 0 Å². The summed E-state index contributed by atoms with van der Waals surface area (Å²) in [6, 6.07) is 4.30. The summed E-state index contributed by atoms with van der Waals surface area (Å²) in [7, 11) is -1.06. The standard InChI is InChI=1S/C16H25N3OS/c1-15(2,3)21(20)19-14-12-5-4-8-18-13(12)11-16(14)6-9-17-10-7-16/h4-5,8,14,17,19H,6-7,9-11H2,1-3H3/t14?,21-/m0/s1. The van der Waals surface area contributed by atoms with Gasteiger partial charge in [-0.25, -0.2) is 8.93 Å². The molecule has 1 spiro atoms. The van der Waals surface area contributed by atoms with E-state index in [0.717, 1.165) is 32.4 Å². The van der Waals surface area contributed by atoms with E-state index in [0.29, 0.717) is 0 Å². The maximum absolute atomic E-state index is 12.6. The third kappa shape index (κ3) is 2.79. The minimum absolute atomic E-state index is 0.156. The molecule has 1 fully saturated rings. The number of nitrogens with one attached hydrogen (secondary N) is 2. The van der Waals surface area contributed by atoms with Crippen LogP contribution in [0, 0.1) is 5.41 Å². The third-order valence-corrected chi connectivity index (χ3v) is 6.31. The van der Waals surface area contributed by atoms with Crippen LogP contribution in [0.25, 0.3) is 0 Å². The summed E-state index contributed by atoms with van der Waals surface area (Å²) in [6.07, 6.45) is 5.10. The predicted octanol–water partition coefficient (Wildman–Crippen LogP) is 2.10. The molecule has 0 radical (unpaired) electrons. The van der Waals surface area contributed by atoms with Crippen molar-refractivity contribution in [1.82, 2.24) is 15.0 Å². The molecule has 1 unspecified atom stereocenters. The van der Waals surface area contributed by atoms with Crippen LogP contribution in [0.15, 0.2) is 18.3 Å². The van der Waals surface area contributed by atoms with Gasteiger partial charge in [-0.1, -0.05) is 6.07 Å². The Kier molecular flexibility index (Phi) is 3.93. The highest BCUT2D eigenvalue weighted by Crippen LogP contribution is 2.50. The summed E-state index contributed by atoms with van der Waals surface area (Å²) in [4.78, 5) is 4.57. The number of aromatic nitrogens is 1. The maximum atomic E-state index is 12.6. The quantitative estimate of drug-likeness (QED) is 0.880. The Hall–Kier alpha value is -0.780. The molecule has 1 aliphatic carbocycles. The molecule has 2 N–H and O–H groups in total. The molecule has 1 aromatic heterocycles. The highest BCUT2D eigenvalue weighted by molar-refractivity contribution is 7.84. The van der Waals surface area contributed by atoms with Gasteiger partial charge < -0.3 is 5.32 Å². The Bertz CT molecular complexity index is 547. The Balaban J connectivity index is 1.94. The lowest BCUT2D eigenvalue weighted by Crippen LogP contribution is -2.46. The van der Waals surface area contributed by atoms with E-state index < -0.39 is 11.0 Å². The van der Waals surface area contributed by atoms with Gasteiger partial charge in [0.2, 0.25) is 0 Å². The predicted molar refractivity (Wildman–Crippen MR) is 86.2 cm³/mol. The van der Waals surface area contributed by atoms with Crippen molar-refractivity contribution in [2.45, 2.75) is 50.8 Å². The lowest BCUT2D eigenvalue weighted by molar-refractivity contribution is 0.164. The average molecular weight is 307 g/mol. The average Bonchev–Trinajstić information content (AvgIpc) is 2.72. The van der Waals surface area contributed by atoms with Crippen molar-refractivity contribution in [2.75, 3.05) is 13.1 Å². The van der Waals surface area contributed by atoms with Gasteiger partial charge in [0.05, 0.1) is 21.8 Å². The molecule has 0 amide bonds. The lowest BCUT2D eigenvalue weighted by atomic mass is 9.74. The molecule has 1 aliphatic heterocycles. The number of pyridine rings is 1. The first-order valence-corrected chi connectivity index (χ1v) is 8.90. The molecule has 1 aromatic rings. The number of piperidine rings is 1. The maximum Gasteiger partial charge on any atom is 0.0976 e. The number of hydrogen-bond acceptors (Lipinski definition) is 3. The largest absolute Gasteiger partial charge is 0.317 e. The van der Waals surface area contributed by atoms with Crippen LogP contribution in [-0.4, -0.2) is 27.0 Å². The Morgan fingerprint density at radius 2 is 2.10 bits per heavy atom. The zero-order valence-corrected chi connectivity index (χ0v) is 13.9. The van der Waals surface area contributed by atoms with E-state index in [-0.39, 0.29) is 16.2 Å². The van der Waals surface area contributed by atoms with E-state index in [1.807, 2.05) is 33.0 Å². The van der Waals surface area contributed by atoms with Crippen molar-refractivity contribution in [3.63, 3.8) is 0 Å². The van der Waals surface area contributed by atoms with Crippen molar-refractivity contribution >= 4 is 11.0 Å². The van der Waals surface area contributed by atoms with Gasteiger partial charge in [0.25, 0.3) is 0 Å². The summed E-state index contributed by atoms with van der Waals surface area (Å²) >= 11 is 0. The minimum Gasteiger partial charge on any atom is -0.317 e. The van der Waals surface area contributed by atoms with Crippen LogP contribution >= 0.6 is 0 Å². The molecular weight excluding hydrogens is 282 g/mol. The summed E-state index contributed by atoms with van der Waals surface area (Å²) < 4.78 is 15.8. The van der Waals surface area contributed by atoms with Gasteiger partial charge in [0.1, 0.15) is 0 Å². The molecule has 2 aliphatic rings. The summed E-state index contributed by atoms with van der Waals surface area (Å²) in [5.41, 5.74) is 2.60. The molecule has 4 nitrogen and oxygen atoms in total. The van der Waals surface area contributed by atoms with Crippen molar-refractivity contribution in [3.05, 3.63) is 29.6 Å². The number of hydrogen-bond donors (Lipinski definition) is 2. The van der Waals surface area contributed by atoms with Gasteiger partial charge in [-0.2, -0.15) is 0 Å². The molecule has 3 rings (SSSR count). The first-order valence-electron chi connectivity index (χ1n) is 7.75. The molecule has 0 aromatic carbocycles. The second-order valence-electron chi connectivity index (χ2n) is 7.26. The zero-order valence-electron chi connectivity index (χ0n) is 13.1. The molecule has 0 bridgehead atoms. The van der Waals surface area contributed by atoms with Crippen LogP contribution in [0.2, 0.25) is 0 Å². The molecule has 2 heterocycles. The number of fused-ring (bicyclic) bond motifs is 1. The second kappa shape index (κ2) is 5.45. The van der Waals surface area contributed by atoms with Crippen molar-refractivity contribution in [3.8, 4) is 0 Å². The summed E-state index contributed by atoms with van der Waals surface area (Å²) in [5, 5.41) is 3.44. The fourth-order valence-corrected chi connectivity index (χ4v) is 4.43. The van der Waals surface area contributed by atoms with Crippen molar-refractivity contribution in [1.29, 1.82) is 0 Å². The second-order valence-corrected chi connectivity index (χ2v) is 9.26. The van der Waals surface area contributed by atoms with Gasteiger partial charge in [0.15, 0.2) is 0 Å². The molecule has 0 saturated carbocycles. The van der Waals surface area contributed by atoms with Gasteiger partial charge in [0, 0.05) is 11.9 Å². The minimum atomic E-state index is -1.06. The molecular formula is C16H25N3OS. The van der Waals surface area contributed by atoms with E-state index in [1.165, 1.54) is 11.3 Å². The number of rotatable bonds is 2. The molecule has 5 heteroatoms. The van der Waals surface area contributed by atoms with Crippen LogP contribution < -0.4 is 10.0 Å². The lowest BCUT2D eigenvalue weighted by Gasteiger charge is -2.40. The molecule has 2 atom stereocenters. The van der Waals surface area contributed by atoms with E-state index in [1.54, 1.807) is 0 Å². The molecule has 116 valence electrons. The summed E-state index contributed by atoms with van der Waals surface area (Å²) in [5.74, 6) is 0. The Morgan fingerprint density at radius 1 is 1.38 bits per heavy atom. The van der Waals surface area contributed by atoms with Crippen LogP contribution in [0.1, 0.15) is 50.9 Å². The fourth-order valence-electron chi connectivity index (χ4n) is 3.49. The van der Waals surface area contributed by atoms with Crippen LogP contribution in [0.3, 0.4) is 0 Å². The monoisotopic (exact) mass is 307 g/mol. The van der Waals surface area contributed by atoms with Crippen LogP contribution in [0.4, 0.5) is 0 Å². The van der Waals surface area contributed by atoms with E-state index in [4.69, 9.17) is 0 Å². The van der Waals surface area contributed by atoms with Crippen LogP contribution in [0.5, 0.6) is 0 Å². The SMILES string of the molecule is CC(C)(C)[S@](=O)NC1c2cccnc2CC12CCNCC2. The highest BCUT2D eigenvalue weighted by Gasteiger charge is 2.48. The number of nitrogens with zero attached hydrogens (tertiary/aromatic N) is 1. The Labute approximate surface area is 129 Å². The van der Waals surface area contributed by atoms with Gasteiger partial charge in [-0.05, 0) is 70.2 Å². The van der Waals surface area contributed by atoms with Gasteiger partial charge in [-0.15, -0.1) is 0 Å². The van der Waals surface area contributed by atoms with E-state index in [9.17, 15) is 4.21 Å². The van der Waals surface area contributed by atoms with Gasteiger partial charge in [-0.3, -0.25) is 4.98 Å². The molecule has 21 heavy (non-hydrogen) atoms. The van der Waals surface area contributed by atoms with E-state index in [2.05, 4.69) is 21.1 Å². The van der Waals surface area contributed by atoms with Crippen molar-refractivity contribution < 1.29 is 4.21 Å². The molecule has 1 saturated heterocycles. The van der Waals surface area contributed by atoms with Gasteiger partial charge >= 0.3 is 0 Å². The zero-order chi connectivity index (χ0) is 15.1.